The summed E-state index contributed by atoms with van der Waals surface area (Å²) in [6.07, 6.45) is 2.82. The number of anilines is 1. The van der Waals surface area contributed by atoms with E-state index in [1.54, 1.807) is 29.2 Å². The van der Waals surface area contributed by atoms with Crippen molar-refractivity contribution in [2.45, 2.75) is 72.0 Å². The Morgan fingerprint density at radius 2 is 1.76 bits per heavy atom. The fraction of sp³-hybridized carbons (Fsp3) is 0.500. The Balaban J connectivity index is 2.24. The molecule has 0 saturated carbocycles. The van der Waals surface area contributed by atoms with Crippen molar-refractivity contribution in [2.24, 2.45) is 0 Å². The number of carbonyl (C=O) groups excluding carboxylic acids is 2. The van der Waals surface area contributed by atoms with Crippen molar-refractivity contribution in [1.29, 1.82) is 0 Å². The normalized spacial score (nSPS) is 12.9. The second-order valence-corrected chi connectivity index (χ2v) is 11.2. The third kappa shape index (κ3) is 8.77. The van der Waals surface area contributed by atoms with Gasteiger partial charge in [-0.15, -0.1) is 0 Å². The molecule has 0 radical (unpaired) electrons. The van der Waals surface area contributed by atoms with Gasteiger partial charge in [0.2, 0.25) is 21.8 Å². The van der Waals surface area contributed by atoms with Crippen LogP contribution in [0, 0.1) is 6.92 Å². The smallest absolute Gasteiger partial charge is 0.243 e. The average Bonchev–Trinajstić information content (AvgIpc) is 2.86. The summed E-state index contributed by atoms with van der Waals surface area (Å²) in [5, 5.41) is 3.01. The number of benzene rings is 2. The summed E-state index contributed by atoms with van der Waals surface area (Å²) in [4.78, 5) is 28.3. The van der Waals surface area contributed by atoms with E-state index < -0.39 is 16.1 Å². The molecule has 0 heterocycles. The Labute approximate surface area is 222 Å². The van der Waals surface area contributed by atoms with Crippen LogP contribution in [0.5, 0.6) is 5.75 Å². The highest BCUT2D eigenvalue weighted by Gasteiger charge is 2.29. The van der Waals surface area contributed by atoms with Crippen LogP contribution in [0.4, 0.5) is 5.69 Å². The zero-order valence-corrected chi connectivity index (χ0v) is 23.7. The quantitative estimate of drug-likeness (QED) is 0.393. The van der Waals surface area contributed by atoms with Crippen molar-refractivity contribution in [3.05, 3.63) is 59.7 Å². The third-order valence-electron chi connectivity index (χ3n) is 6.48. The predicted octanol–water partition coefficient (Wildman–Crippen LogP) is 4.27. The lowest BCUT2D eigenvalue weighted by Crippen LogP contribution is -2.50. The number of hydrogen-bond acceptors (Lipinski definition) is 5. The van der Waals surface area contributed by atoms with Crippen LogP contribution in [0.25, 0.3) is 0 Å². The van der Waals surface area contributed by atoms with Gasteiger partial charge in [0.05, 0.1) is 19.1 Å². The van der Waals surface area contributed by atoms with Crippen LogP contribution < -0.4 is 14.4 Å². The van der Waals surface area contributed by atoms with Crippen molar-refractivity contribution in [2.75, 3.05) is 24.2 Å². The molecule has 2 aromatic carbocycles. The molecule has 1 N–H and O–H groups in total. The van der Waals surface area contributed by atoms with Crippen LogP contribution in [0.3, 0.4) is 0 Å². The highest BCUT2D eigenvalue weighted by atomic mass is 32.2. The first-order valence-corrected chi connectivity index (χ1v) is 14.6. The van der Waals surface area contributed by atoms with E-state index in [1.807, 2.05) is 52.0 Å². The Morgan fingerprint density at radius 1 is 1.05 bits per heavy atom. The molecule has 2 aromatic rings. The Kier molecular flexibility index (Phi) is 11.4. The minimum Gasteiger partial charge on any atom is -0.497 e. The van der Waals surface area contributed by atoms with Crippen molar-refractivity contribution >= 4 is 27.5 Å². The van der Waals surface area contributed by atoms with Gasteiger partial charge in [-0.25, -0.2) is 8.42 Å². The maximum absolute atomic E-state index is 13.5. The molecule has 8 nitrogen and oxygen atoms in total. The lowest BCUT2D eigenvalue weighted by atomic mass is 10.0. The number of carbonyl (C=O) groups is 2. The number of rotatable bonds is 14. The van der Waals surface area contributed by atoms with E-state index in [9.17, 15) is 18.0 Å². The molecule has 0 aliphatic carbocycles. The van der Waals surface area contributed by atoms with Crippen LogP contribution in [-0.4, -0.2) is 57.1 Å². The maximum atomic E-state index is 13.5. The molecule has 2 rings (SSSR count). The Bertz CT molecular complexity index is 1150. The zero-order chi connectivity index (χ0) is 27.6. The van der Waals surface area contributed by atoms with E-state index in [4.69, 9.17) is 4.74 Å². The number of methoxy groups -OCH3 is 1. The summed E-state index contributed by atoms with van der Waals surface area (Å²) in [6.45, 7) is 8.26. The summed E-state index contributed by atoms with van der Waals surface area (Å²) in [7, 11) is -2.06. The van der Waals surface area contributed by atoms with Crippen molar-refractivity contribution in [1.82, 2.24) is 10.2 Å². The van der Waals surface area contributed by atoms with Crippen LogP contribution in [0.2, 0.25) is 0 Å². The number of hydrogen-bond donors (Lipinski definition) is 1. The van der Waals surface area contributed by atoms with Gasteiger partial charge < -0.3 is 15.0 Å². The topological polar surface area (TPSA) is 96.0 Å². The second-order valence-electron chi connectivity index (χ2n) is 9.33. The number of sulfonamides is 1. The molecular formula is C28H41N3O5S. The van der Waals surface area contributed by atoms with Gasteiger partial charge in [0, 0.05) is 31.6 Å². The summed E-state index contributed by atoms with van der Waals surface area (Å²) < 4.78 is 31.6. The van der Waals surface area contributed by atoms with Crippen molar-refractivity contribution in [3.8, 4) is 5.75 Å². The van der Waals surface area contributed by atoms with Crippen LogP contribution in [0.15, 0.2) is 48.5 Å². The number of amides is 2. The molecule has 0 spiro atoms. The molecule has 0 saturated heterocycles. The Morgan fingerprint density at radius 3 is 2.35 bits per heavy atom. The molecule has 2 amide bonds. The average molecular weight is 532 g/mol. The first-order chi connectivity index (χ1) is 17.5. The van der Waals surface area contributed by atoms with Gasteiger partial charge in [0.1, 0.15) is 11.8 Å². The molecule has 0 fully saturated rings. The number of nitrogens with zero attached hydrogens (tertiary/aromatic N) is 2. The van der Waals surface area contributed by atoms with E-state index in [-0.39, 0.29) is 30.8 Å². The minimum absolute atomic E-state index is 0.00291. The number of ether oxygens (including phenoxy) is 1. The van der Waals surface area contributed by atoms with Gasteiger partial charge in [-0.3, -0.25) is 13.9 Å². The molecule has 2 unspecified atom stereocenters. The molecule has 0 aromatic heterocycles. The highest BCUT2D eigenvalue weighted by molar-refractivity contribution is 7.92. The van der Waals surface area contributed by atoms with E-state index in [1.165, 1.54) is 11.4 Å². The molecule has 204 valence electrons. The van der Waals surface area contributed by atoms with Gasteiger partial charge in [0.15, 0.2) is 0 Å². The maximum Gasteiger partial charge on any atom is 0.243 e. The van der Waals surface area contributed by atoms with E-state index in [0.29, 0.717) is 30.8 Å². The van der Waals surface area contributed by atoms with Gasteiger partial charge in [0.25, 0.3) is 0 Å². The standard InChI is InChI=1S/C28H41N3O5S/c1-7-22(4)29-28(33)26(8-2)30(20-23-14-10-9-13-21(23)3)27(32)17-12-18-31(37(6,34)35)24-15-11-16-25(19-24)36-5/h9-11,13-16,19,22,26H,7-8,12,17-18,20H2,1-6H3,(H,29,33). The highest BCUT2D eigenvalue weighted by Crippen LogP contribution is 2.24. The summed E-state index contributed by atoms with van der Waals surface area (Å²) >= 11 is 0. The monoisotopic (exact) mass is 531 g/mol. The molecule has 9 heteroatoms. The van der Waals surface area contributed by atoms with Gasteiger partial charge in [-0.05, 0) is 56.4 Å². The fourth-order valence-corrected chi connectivity index (χ4v) is 5.06. The first-order valence-electron chi connectivity index (χ1n) is 12.8. The predicted molar refractivity (Wildman–Crippen MR) is 148 cm³/mol. The van der Waals surface area contributed by atoms with Crippen molar-refractivity contribution < 1.29 is 22.7 Å². The summed E-state index contributed by atoms with van der Waals surface area (Å²) in [5.74, 6) is 0.186. The van der Waals surface area contributed by atoms with Gasteiger partial charge in [-0.2, -0.15) is 0 Å². The molecule has 2 atom stereocenters. The van der Waals surface area contributed by atoms with Crippen LogP contribution in [0.1, 0.15) is 57.6 Å². The molecular weight excluding hydrogens is 490 g/mol. The summed E-state index contributed by atoms with van der Waals surface area (Å²) in [6, 6.07) is 14.0. The molecule has 0 aliphatic heterocycles. The van der Waals surface area contributed by atoms with E-state index in [2.05, 4.69) is 5.32 Å². The van der Waals surface area contributed by atoms with Crippen molar-refractivity contribution in [3.63, 3.8) is 0 Å². The molecule has 37 heavy (non-hydrogen) atoms. The number of aryl methyl sites for hydroxylation is 1. The second kappa shape index (κ2) is 14.0. The Hall–Kier alpha value is -3.07. The van der Waals surface area contributed by atoms with Gasteiger partial charge in [-0.1, -0.05) is 44.2 Å². The zero-order valence-electron chi connectivity index (χ0n) is 22.9. The third-order valence-corrected chi connectivity index (χ3v) is 7.68. The SMILES string of the molecule is CCC(C)NC(=O)C(CC)N(Cc1ccccc1C)C(=O)CCCN(c1cccc(OC)c1)S(C)(=O)=O. The van der Waals surface area contributed by atoms with Crippen LogP contribution in [-0.2, 0) is 26.2 Å². The number of nitrogens with one attached hydrogen (secondary N) is 1. The largest absolute Gasteiger partial charge is 0.497 e. The fourth-order valence-electron chi connectivity index (χ4n) is 4.10. The molecule has 0 bridgehead atoms. The van der Waals surface area contributed by atoms with E-state index in [0.717, 1.165) is 23.8 Å². The van der Waals surface area contributed by atoms with E-state index >= 15 is 0 Å². The lowest BCUT2D eigenvalue weighted by molar-refractivity contribution is -0.141. The van der Waals surface area contributed by atoms with Gasteiger partial charge >= 0.3 is 0 Å². The van der Waals surface area contributed by atoms with Crippen LogP contribution >= 0.6 is 0 Å². The first kappa shape index (κ1) is 30.2. The molecule has 0 aliphatic rings. The lowest BCUT2D eigenvalue weighted by Gasteiger charge is -2.32. The minimum atomic E-state index is -3.58. The summed E-state index contributed by atoms with van der Waals surface area (Å²) in [5.41, 5.74) is 2.49.